The number of nitrogens with one attached hydrogen (secondary N) is 1. The van der Waals surface area contributed by atoms with Crippen LogP contribution in [-0.4, -0.2) is 18.7 Å². The Balaban J connectivity index is 1.99. The van der Waals surface area contributed by atoms with Crippen LogP contribution in [-0.2, 0) is 0 Å². The van der Waals surface area contributed by atoms with E-state index in [-0.39, 0.29) is 11.7 Å². The maximum atomic E-state index is 12.0. The SMILES string of the molecule is Cc1cc(C(=O)Nc2ccc(OCC(F)(F)F)cc2)c(C)o1. The molecule has 0 atom stereocenters. The van der Waals surface area contributed by atoms with Crippen molar-refractivity contribution in [1.29, 1.82) is 0 Å². The Morgan fingerprint density at radius 3 is 2.36 bits per heavy atom. The average molecular weight is 313 g/mol. The Kier molecular flexibility index (Phi) is 4.44. The lowest BCUT2D eigenvalue weighted by molar-refractivity contribution is -0.153. The van der Waals surface area contributed by atoms with Gasteiger partial charge in [-0.15, -0.1) is 0 Å². The highest BCUT2D eigenvalue weighted by Gasteiger charge is 2.28. The van der Waals surface area contributed by atoms with Crippen LogP contribution in [0.15, 0.2) is 34.7 Å². The number of anilines is 1. The molecule has 0 spiro atoms. The van der Waals surface area contributed by atoms with Crippen molar-refractivity contribution < 1.29 is 27.1 Å². The summed E-state index contributed by atoms with van der Waals surface area (Å²) in [5.74, 6) is 0.850. The lowest BCUT2D eigenvalue weighted by Gasteiger charge is -2.10. The number of amides is 1. The predicted octanol–water partition coefficient (Wildman–Crippen LogP) is 4.09. The van der Waals surface area contributed by atoms with Crippen LogP contribution in [0.5, 0.6) is 5.75 Å². The molecule has 0 fully saturated rings. The van der Waals surface area contributed by atoms with Gasteiger partial charge in [0.15, 0.2) is 6.61 Å². The van der Waals surface area contributed by atoms with Gasteiger partial charge < -0.3 is 14.5 Å². The van der Waals surface area contributed by atoms with Gasteiger partial charge in [-0.25, -0.2) is 0 Å². The van der Waals surface area contributed by atoms with Gasteiger partial charge in [0.2, 0.25) is 0 Å². The Labute approximate surface area is 124 Å². The molecule has 2 rings (SSSR count). The van der Waals surface area contributed by atoms with Gasteiger partial charge in [-0.2, -0.15) is 13.2 Å². The Morgan fingerprint density at radius 1 is 1.23 bits per heavy atom. The van der Waals surface area contributed by atoms with Crippen molar-refractivity contribution >= 4 is 11.6 Å². The van der Waals surface area contributed by atoms with Gasteiger partial charge in [-0.1, -0.05) is 0 Å². The third-order valence-corrected chi connectivity index (χ3v) is 2.80. The van der Waals surface area contributed by atoms with Gasteiger partial charge in [0.25, 0.3) is 5.91 Å². The molecule has 1 amide bonds. The minimum Gasteiger partial charge on any atom is -0.484 e. The number of furan rings is 1. The molecule has 1 heterocycles. The van der Waals surface area contributed by atoms with Crippen LogP contribution in [0.1, 0.15) is 21.9 Å². The summed E-state index contributed by atoms with van der Waals surface area (Å²) in [5, 5.41) is 2.64. The molecule has 2 aromatic rings. The van der Waals surface area contributed by atoms with Crippen molar-refractivity contribution in [2.45, 2.75) is 20.0 Å². The summed E-state index contributed by atoms with van der Waals surface area (Å²) in [6.07, 6.45) is -4.39. The zero-order valence-corrected chi connectivity index (χ0v) is 12.0. The van der Waals surface area contributed by atoms with E-state index in [1.54, 1.807) is 19.9 Å². The van der Waals surface area contributed by atoms with E-state index in [9.17, 15) is 18.0 Å². The van der Waals surface area contributed by atoms with Crippen molar-refractivity contribution in [3.63, 3.8) is 0 Å². The Hall–Kier alpha value is -2.44. The van der Waals surface area contributed by atoms with Crippen LogP contribution in [0.25, 0.3) is 0 Å². The minimum absolute atomic E-state index is 0.0747. The number of ether oxygens (including phenoxy) is 1. The van der Waals surface area contributed by atoms with E-state index in [1.807, 2.05) is 0 Å². The predicted molar refractivity (Wildman–Crippen MR) is 74.1 cm³/mol. The number of rotatable bonds is 4. The van der Waals surface area contributed by atoms with Crippen molar-refractivity contribution in [3.05, 3.63) is 47.4 Å². The van der Waals surface area contributed by atoms with Crippen molar-refractivity contribution in [2.75, 3.05) is 11.9 Å². The normalized spacial score (nSPS) is 11.3. The maximum absolute atomic E-state index is 12.0. The molecular formula is C15H14F3NO3. The summed E-state index contributed by atoms with van der Waals surface area (Å²) in [4.78, 5) is 12.0. The third-order valence-electron chi connectivity index (χ3n) is 2.80. The highest BCUT2D eigenvalue weighted by molar-refractivity contribution is 6.05. The highest BCUT2D eigenvalue weighted by atomic mass is 19.4. The summed E-state index contributed by atoms with van der Waals surface area (Å²) in [5.41, 5.74) is 0.859. The van der Waals surface area contributed by atoms with Gasteiger partial charge >= 0.3 is 6.18 Å². The van der Waals surface area contributed by atoms with Crippen LogP contribution >= 0.6 is 0 Å². The zero-order valence-electron chi connectivity index (χ0n) is 12.0. The fourth-order valence-electron chi connectivity index (χ4n) is 1.85. The number of alkyl halides is 3. The van der Waals surface area contributed by atoms with Gasteiger partial charge in [-0.3, -0.25) is 4.79 Å². The number of benzene rings is 1. The second-order valence-electron chi connectivity index (χ2n) is 4.71. The first-order chi connectivity index (χ1) is 10.2. The smallest absolute Gasteiger partial charge is 0.422 e. The average Bonchev–Trinajstić information content (AvgIpc) is 2.76. The highest BCUT2D eigenvalue weighted by Crippen LogP contribution is 2.21. The number of halogens is 3. The molecule has 0 bridgehead atoms. The molecule has 118 valence electrons. The second kappa shape index (κ2) is 6.13. The van der Waals surface area contributed by atoms with E-state index < -0.39 is 12.8 Å². The molecule has 0 radical (unpaired) electrons. The first-order valence-corrected chi connectivity index (χ1v) is 6.42. The monoisotopic (exact) mass is 313 g/mol. The van der Waals surface area contributed by atoms with Crippen molar-refractivity contribution in [1.82, 2.24) is 0 Å². The Morgan fingerprint density at radius 2 is 1.86 bits per heavy atom. The number of aryl methyl sites for hydroxylation is 2. The van der Waals surface area contributed by atoms with Gasteiger partial charge in [0.05, 0.1) is 5.56 Å². The van der Waals surface area contributed by atoms with Crippen LogP contribution in [0.2, 0.25) is 0 Å². The fourth-order valence-corrected chi connectivity index (χ4v) is 1.85. The summed E-state index contributed by atoms with van der Waals surface area (Å²) in [6.45, 7) is 2.05. The number of hydrogen-bond donors (Lipinski definition) is 1. The molecule has 1 aromatic carbocycles. The standard InChI is InChI=1S/C15H14F3NO3/c1-9-7-13(10(2)22-9)14(20)19-11-3-5-12(6-4-11)21-8-15(16,17)18/h3-7H,8H2,1-2H3,(H,19,20). The van der Waals surface area contributed by atoms with Gasteiger partial charge in [0, 0.05) is 5.69 Å². The van der Waals surface area contributed by atoms with Crippen LogP contribution < -0.4 is 10.1 Å². The summed E-state index contributed by atoms with van der Waals surface area (Å²) >= 11 is 0. The van der Waals surface area contributed by atoms with E-state index in [4.69, 9.17) is 4.42 Å². The third kappa shape index (κ3) is 4.28. The molecule has 1 aromatic heterocycles. The number of carbonyl (C=O) groups is 1. The first-order valence-electron chi connectivity index (χ1n) is 6.42. The van der Waals surface area contributed by atoms with Gasteiger partial charge in [0.1, 0.15) is 17.3 Å². The topological polar surface area (TPSA) is 51.5 Å². The first kappa shape index (κ1) is 15.9. The molecule has 0 aliphatic carbocycles. The molecule has 0 unspecified atom stereocenters. The second-order valence-corrected chi connectivity index (χ2v) is 4.71. The van der Waals surface area contributed by atoms with Crippen molar-refractivity contribution in [2.24, 2.45) is 0 Å². The maximum Gasteiger partial charge on any atom is 0.422 e. The van der Waals surface area contributed by atoms with Crippen LogP contribution in [0, 0.1) is 13.8 Å². The molecule has 0 aliphatic heterocycles. The van der Waals surface area contributed by atoms with Crippen LogP contribution in [0.4, 0.5) is 18.9 Å². The molecular weight excluding hydrogens is 299 g/mol. The molecule has 1 N–H and O–H groups in total. The molecule has 0 aliphatic rings. The molecule has 0 saturated heterocycles. The van der Waals surface area contributed by atoms with E-state index >= 15 is 0 Å². The lowest BCUT2D eigenvalue weighted by Crippen LogP contribution is -2.19. The molecule has 22 heavy (non-hydrogen) atoms. The molecule has 7 heteroatoms. The fraction of sp³-hybridized carbons (Fsp3) is 0.267. The largest absolute Gasteiger partial charge is 0.484 e. The zero-order chi connectivity index (χ0) is 16.3. The van der Waals surface area contributed by atoms with Crippen LogP contribution in [0.3, 0.4) is 0 Å². The van der Waals surface area contributed by atoms with E-state index in [1.165, 1.54) is 24.3 Å². The molecule has 4 nitrogen and oxygen atoms in total. The Bertz CT molecular complexity index is 660. The molecule has 0 saturated carbocycles. The van der Waals surface area contributed by atoms with Gasteiger partial charge in [-0.05, 0) is 44.2 Å². The summed E-state index contributed by atoms with van der Waals surface area (Å²) in [7, 11) is 0. The van der Waals surface area contributed by atoms with Crippen molar-refractivity contribution in [3.8, 4) is 5.75 Å². The summed E-state index contributed by atoms with van der Waals surface area (Å²) < 4.78 is 45.9. The van der Waals surface area contributed by atoms with E-state index in [0.717, 1.165) is 0 Å². The minimum atomic E-state index is -4.39. The summed E-state index contributed by atoms with van der Waals surface area (Å²) in [6, 6.07) is 7.26. The quantitative estimate of drug-likeness (QED) is 0.925. The number of hydrogen-bond acceptors (Lipinski definition) is 3. The van der Waals surface area contributed by atoms with E-state index in [0.29, 0.717) is 22.8 Å². The lowest BCUT2D eigenvalue weighted by atomic mass is 10.2. The van der Waals surface area contributed by atoms with E-state index in [2.05, 4.69) is 10.1 Å². The number of carbonyl (C=O) groups excluding carboxylic acids is 1.